The molecule has 0 saturated carbocycles. The molecule has 0 spiro atoms. The van der Waals surface area contributed by atoms with E-state index in [0.717, 1.165) is 18.7 Å². The van der Waals surface area contributed by atoms with Crippen LogP contribution < -0.4 is 11.1 Å². The summed E-state index contributed by atoms with van der Waals surface area (Å²) in [5.41, 5.74) is 6.80. The molecule has 3 N–H and O–H groups in total. The predicted molar refractivity (Wildman–Crippen MR) is 75.2 cm³/mol. The Labute approximate surface area is 107 Å². The maximum absolute atomic E-state index is 5.73. The Morgan fingerprint density at radius 2 is 2.12 bits per heavy atom. The van der Waals surface area contributed by atoms with Gasteiger partial charge in [0.1, 0.15) is 0 Å². The van der Waals surface area contributed by atoms with Crippen molar-refractivity contribution < 1.29 is 4.74 Å². The van der Waals surface area contributed by atoms with Crippen molar-refractivity contribution in [2.24, 2.45) is 5.73 Å². The molecule has 0 aromatic carbocycles. The highest BCUT2D eigenvalue weighted by atomic mass is 16.5. The lowest BCUT2D eigenvalue weighted by atomic mass is 10.1. The molecule has 0 heterocycles. The summed E-state index contributed by atoms with van der Waals surface area (Å²) in [7, 11) is 0. The van der Waals surface area contributed by atoms with E-state index in [9.17, 15) is 0 Å². The Balaban J connectivity index is 3.37. The maximum Gasteiger partial charge on any atom is 0.0672 e. The number of nitrogens with two attached hydrogens (primary N) is 1. The van der Waals surface area contributed by atoms with Crippen molar-refractivity contribution in [3.8, 4) is 0 Å². The first-order chi connectivity index (χ1) is 8.20. The molecular weight excluding hydrogens is 212 g/mol. The number of rotatable bonds is 12. The second-order valence-electron chi connectivity index (χ2n) is 4.75. The first kappa shape index (κ1) is 16.6. The molecule has 17 heavy (non-hydrogen) atoms. The van der Waals surface area contributed by atoms with Crippen LogP contribution in [0.5, 0.6) is 0 Å². The second kappa shape index (κ2) is 12.1. The summed E-state index contributed by atoms with van der Waals surface area (Å²) in [6.45, 7) is 11.0. The van der Waals surface area contributed by atoms with Gasteiger partial charge in [-0.2, -0.15) is 0 Å². The topological polar surface area (TPSA) is 47.3 Å². The van der Waals surface area contributed by atoms with Gasteiger partial charge in [-0.15, -0.1) is 0 Å². The van der Waals surface area contributed by atoms with Crippen molar-refractivity contribution in [1.82, 2.24) is 5.32 Å². The lowest BCUT2D eigenvalue weighted by Crippen LogP contribution is -2.38. The van der Waals surface area contributed by atoms with Crippen LogP contribution >= 0.6 is 0 Å². The standard InChI is InChI=1S/C14H30N2O/c1-4-5-6-7-8-14(11-15)16-9-10-17-12-13(2)3/h14,16H,2,4-12,15H2,1,3H3. The SMILES string of the molecule is C=C(C)COCCNC(CN)CCCCCC. The van der Waals surface area contributed by atoms with Gasteiger partial charge in [-0.1, -0.05) is 44.8 Å². The molecule has 0 aromatic heterocycles. The number of unbranched alkanes of at least 4 members (excludes halogenated alkanes) is 3. The summed E-state index contributed by atoms with van der Waals surface area (Å²) in [6.07, 6.45) is 6.39. The van der Waals surface area contributed by atoms with Crippen LogP contribution in [0.25, 0.3) is 0 Å². The van der Waals surface area contributed by atoms with Crippen molar-refractivity contribution in [1.29, 1.82) is 0 Å². The van der Waals surface area contributed by atoms with Gasteiger partial charge in [0.2, 0.25) is 0 Å². The van der Waals surface area contributed by atoms with Gasteiger partial charge >= 0.3 is 0 Å². The summed E-state index contributed by atoms with van der Waals surface area (Å²) in [5, 5.41) is 3.44. The molecule has 1 unspecified atom stereocenters. The Hall–Kier alpha value is -0.380. The van der Waals surface area contributed by atoms with Gasteiger partial charge < -0.3 is 15.8 Å². The molecular formula is C14H30N2O. The van der Waals surface area contributed by atoms with Crippen molar-refractivity contribution in [2.45, 2.75) is 52.0 Å². The molecule has 0 aliphatic rings. The zero-order valence-electron chi connectivity index (χ0n) is 11.6. The normalized spacial score (nSPS) is 12.6. The fourth-order valence-corrected chi connectivity index (χ4v) is 1.70. The Morgan fingerprint density at radius 3 is 2.71 bits per heavy atom. The lowest BCUT2D eigenvalue weighted by Gasteiger charge is -2.16. The molecule has 0 aliphatic heterocycles. The van der Waals surface area contributed by atoms with Crippen molar-refractivity contribution in [3.63, 3.8) is 0 Å². The molecule has 1 atom stereocenters. The maximum atomic E-state index is 5.73. The molecule has 0 radical (unpaired) electrons. The van der Waals surface area contributed by atoms with E-state index in [-0.39, 0.29) is 0 Å². The Kier molecular flexibility index (Phi) is 11.8. The van der Waals surface area contributed by atoms with Gasteiger partial charge in [0.25, 0.3) is 0 Å². The minimum Gasteiger partial charge on any atom is -0.376 e. The Bertz CT molecular complexity index is 183. The highest BCUT2D eigenvalue weighted by Gasteiger charge is 2.04. The van der Waals surface area contributed by atoms with E-state index in [2.05, 4.69) is 18.8 Å². The summed E-state index contributed by atoms with van der Waals surface area (Å²) in [5.74, 6) is 0. The third-order valence-electron chi connectivity index (χ3n) is 2.72. The smallest absolute Gasteiger partial charge is 0.0672 e. The van der Waals surface area contributed by atoms with Gasteiger partial charge in [-0.25, -0.2) is 0 Å². The molecule has 0 fully saturated rings. The zero-order chi connectivity index (χ0) is 12.9. The number of ether oxygens (including phenoxy) is 1. The number of hydrogen-bond acceptors (Lipinski definition) is 3. The zero-order valence-corrected chi connectivity index (χ0v) is 11.6. The second-order valence-corrected chi connectivity index (χ2v) is 4.75. The molecule has 102 valence electrons. The Morgan fingerprint density at radius 1 is 1.35 bits per heavy atom. The minimum absolute atomic E-state index is 0.445. The third-order valence-corrected chi connectivity index (χ3v) is 2.72. The van der Waals surface area contributed by atoms with E-state index >= 15 is 0 Å². The van der Waals surface area contributed by atoms with Crippen molar-refractivity contribution in [2.75, 3.05) is 26.3 Å². The average Bonchev–Trinajstić information content (AvgIpc) is 2.31. The van der Waals surface area contributed by atoms with Gasteiger partial charge in [0, 0.05) is 19.1 Å². The molecule has 0 saturated heterocycles. The molecule has 0 bridgehead atoms. The molecule has 0 aliphatic carbocycles. The third kappa shape index (κ3) is 11.9. The van der Waals surface area contributed by atoms with Crippen LogP contribution in [-0.4, -0.2) is 32.3 Å². The molecule has 3 heteroatoms. The van der Waals surface area contributed by atoms with Gasteiger partial charge in [-0.3, -0.25) is 0 Å². The molecule has 0 rings (SSSR count). The van der Waals surface area contributed by atoms with Crippen molar-refractivity contribution >= 4 is 0 Å². The van der Waals surface area contributed by atoms with Crippen LogP contribution in [0.3, 0.4) is 0 Å². The minimum atomic E-state index is 0.445. The largest absolute Gasteiger partial charge is 0.376 e. The number of nitrogens with one attached hydrogen (secondary N) is 1. The summed E-state index contributed by atoms with van der Waals surface area (Å²) < 4.78 is 5.43. The van der Waals surface area contributed by atoms with Crippen LogP contribution in [0.1, 0.15) is 46.0 Å². The monoisotopic (exact) mass is 242 g/mol. The summed E-state index contributed by atoms with van der Waals surface area (Å²) in [4.78, 5) is 0. The van der Waals surface area contributed by atoms with Gasteiger partial charge in [0.15, 0.2) is 0 Å². The average molecular weight is 242 g/mol. The molecule has 0 aromatic rings. The first-order valence-corrected chi connectivity index (χ1v) is 6.86. The van der Waals surface area contributed by atoms with E-state index in [1.54, 1.807) is 0 Å². The van der Waals surface area contributed by atoms with Crippen LogP contribution in [0.2, 0.25) is 0 Å². The highest BCUT2D eigenvalue weighted by molar-refractivity contribution is 4.87. The first-order valence-electron chi connectivity index (χ1n) is 6.86. The van der Waals surface area contributed by atoms with Gasteiger partial charge in [-0.05, 0) is 13.3 Å². The predicted octanol–water partition coefficient (Wildman–Crippen LogP) is 2.47. The van der Waals surface area contributed by atoms with E-state index in [1.807, 2.05) is 6.92 Å². The van der Waals surface area contributed by atoms with E-state index in [0.29, 0.717) is 19.2 Å². The van der Waals surface area contributed by atoms with Crippen LogP contribution in [0, 0.1) is 0 Å². The fraction of sp³-hybridized carbons (Fsp3) is 0.857. The van der Waals surface area contributed by atoms with E-state index in [1.165, 1.54) is 32.1 Å². The number of hydrogen-bond donors (Lipinski definition) is 2. The van der Waals surface area contributed by atoms with E-state index in [4.69, 9.17) is 10.5 Å². The highest BCUT2D eigenvalue weighted by Crippen LogP contribution is 2.04. The van der Waals surface area contributed by atoms with Crippen LogP contribution in [0.15, 0.2) is 12.2 Å². The molecule has 3 nitrogen and oxygen atoms in total. The van der Waals surface area contributed by atoms with Crippen molar-refractivity contribution in [3.05, 3.63) is 12.2 Å². The van der Waals surface area contributed by atoms with Crippen LogP contribution in [-0.2, 0) is 4.74 Å². The summed E-state index contributed by atoms with van der Waals surface area (Å²) >= 11 is 0. The molecule has 0 amide bonds. The fourth-order valence-electron chi connectivity index (χ4n) is 1.70. The van der Waals surface area contributed by atoms with Crippen LogP contribution in [0.4, 0.5) is 0 Å². The van der Waals surface area contributed by atoms with Gasteiger partial charge in [0.05, 0.1) is 13.2 Å². The van der Waals surface area contributed by atoms with E-state index < -0.39 is 0 Å². The quantitative estimate of drug-likeness (QED) is 0.408. The lowest BCUT2D eigenvalue weighted by molar-refractivity contribution is 0.155. The summed E-state index contributed by atoms with van der Waals surface area (Å²) in [6, 6.07) is 0.445.